The number of benzene rings is 1. The molecule has 1 saturated heterocycles. The van der Waals surface area contributed by atoms with Crippen molar-refractivity contribution in [1.29, 1.82) is 0 Å². The Labute approximate surface area is 170 Å². The lowest BCUT2D eigenvalue weighted by Crippen LogP contribution is -3.13. The van der Waals surface area contributed by atoms with Crippen LogP contribution in [0.25, 0.3) is 0 Å². The van der Waals surface area contributed by atoms with E-state index in [4.69, 9.17) is 4.98 Å². The van der Waals surface area contributed by atoms with Crippen molar-refractivity contribution in [3.05, 3.63) is 58.9 Å². The van der Waals surface area contributed by atoms with Crippen molar-refractivity contribution in [2.24, 2.45) is 0 Å². The van der Waals surface area contributed by atoms with Crippen LogP contribution in [0.15, 0.2) is 36.5 Å². The second-order valence-corrected chi connectivity index (χ2v) is 10.4. The van der Waals surface area contributed by atoms with Crippen molar-refractivity contribution in [2.45, 2.75) is 77.7 Å². The van der Waals surface area contributed by atoms with Gasteiger partial charge in [0.15, 0.2) is 6.04 Å². The smallest absolute Gasteiger partial charge is 0.156 e. The van der Waals surface area contributed by atoms with Crippen LogP contribution in [0, 0.1) is 0 Å². The number of hydrogen-bond acceptors (Lipinski definition) is 2. The van der Waals surface area contributed by atoms with Gasteiger partial charge in [0.05, 0.1) is 13.1 Å². The Hall–Kier alpha value is -1.87. The fraction of sp³-hybridized carbons (Fsp3) is 0.560. The first-order valence-electron chi connectivity index (χ1n) is 10.7. The Kier molecular flexibility index (Phi) is 5.86. The maximum absolute atomic E-state index is 11.1. The molecule has 0 amide bonds. The van der Waals surface area contributed by atoms with Gasteiger partial charge in [-0.1, -0.05) is 47.6 Å². The Balaban J connectivity index is 2.21. The second kappa shape index (κ2) is 7.87. The molecule has 28 heavy (non-hydrogen) atoms. The Morgan fingerprint density at radius 3 is 1.93 bits per heavy atom. The molecule has 3 rings (SSSR count). The normalized spacial score (nSPS) is 17.5. The fourth-order valence-corrected chi connectivity index (χ4v) is 4.42. The Morgan fingerprint density at radius 2 is 1.46 bits per heavy atom. The zero-order chi connectivity index (χ0) is 20.5. The molecule has 2 aromatic rings. The van der Waals surface area contributed by atoms with Gasteiger partial charge in [-0.25, -0.2) is 0 Å². The molecule has 0 bridgehead atoms. The summed E-state index contributed by atoms with van der Waals surface area (Å²) in [6.07, 6.45) is 5.78. The third-order valence-electron chi connectivity index (χ3n) is 5.97. The first-order chi connectivity index (χ1) is 13.1. The predicted molar refractivity (Wildman–Crippen MR) is 116 cm³/mol. The molecule has 1 aliphatic rings. The van der Waals surface area contributed by atoms with Crippen molar-refractivity contribution in [2.75, 3.05) is 13.1 Å². The van der Waals surface area contributed by atoms with E-state index < -0.39 is 0 Å². The summed E-state index contributed by atoms with van der Waals surface area (Å²) in [5.74, 6) is 0.456. The van der Waals surface area contributed by atoms with E-state index in [0.29, 0.717) is 5.75 Å². The molecule has 0 unspecified atom stereocenters. The van der Waals surface area contributed by atoms with Gasteiger partial charge in [0, 0.05) is 22.9 Å². The van der Waals surface area contributed by atoms with Crippen LogP contribution in [-0.2, 0) is 10.8 Å². The molecule has 0 radical (unpaired) electrons. The highest BCUT2D eigenvalue weighted by Gasteiger charge is 2.33. The summed E-state index contributed by atoms with van der Waals surface area (Å²) in [6.45, 7) is 15.5. The Bertz CT molecular complexity index is 759. The van der Waals surface area contributed by atoms with Crippen LogP contribution in [-0.4, -0.2) is 23.2 Å². The first-order valence-corrected chi connectivity index (χ1v) is 10.7. The van der Waals surface area contributed by atoms with Gasteiger partial charge in [0.2, 0.25) is 0 Å². The highest BCUT2D eigenvalue weighted by molar-refractivity contribution is 5.51. The molecule has 0 saturated carbocycles. The lowest BCUT2D eigenvalue weighted by Gasteiger charge is -2.34. The van der Waals surface area contributed by atoms with Gasteiger partial charge in [-0.15, -0.1) is 0 Å². The summed E-state index contributed by atoms with van der Waals surface area (Å²) in [4.78, 5) is 6.35. The number of likely N-dealkylation sites (tertiary alicyclic amines) is 1. The number of nitrogens with one attached hydrogen (secondary N) is 1. The summed E-state index contributed by atoms with van der Waals surface area (Å²) < 4.78 is 0. The number of aromatic nitrogens is 1. The van der Waals surface area contributed by atoms with Gasteiger partial charge in [-0.05, 0) is 54.4 Å². The molecule has 152 valence electrons. The SMILES string of the molecule is CC(C)(C)c1cc([C@@H](c2ccccn2)[NH+]2CCCCC2)cc(C(C)(C)C)c1O. The number of aromatic hydroxyl groups is 1. The molecule has 1 aliphatic heterocycles. The molecule has 2 N–H and O–H groups in total. The third-order valence-corrected chi connectivity index (χ3v) is 5.97. The number of rotatable bonds is 3. The van der Waals surface area contributed by atoms with E-state index in [-0.39, 0.29) is 16.9 Å². The van der Waals surface area contributed by atoms with E-state index in [1.54, 1.807) is 4.90 Å². The summed E-state index contributed by atoms with van der Waals surface area (Å²) >= 11 is 0. The zero-order valence-corrected chi connectivity index (χ0v) is 18.5. The molecular weight excluding hydrogens is 344 g/mol. The quantitative estimate of drug-likeness (QED) is 0.819. The molecule has 1 aromatic carbocycles. The number of pyridine rings is 1. The van der Waals surface area contributed by atoms with E-state index in [2.05, 4.69) is 65.8 Å². The minimum absolute atomic E-state index is 0.119. The fourth-order valence-electron chi connectivity index (χ4n) is 4.42. The largest absolute Gasteiger partial charge is 0.507 e. The number of nitrogens with zero attached hydrogens (tertiary/aromatic N) is 1. The number of phenolic OH excluding ortho intramolecular Hbond substituents is 1. The molecule has 0 aliphatic carbocycles. The molecule has 1 aromatic heterocycles. The summed E-state index contributed by atoms with van der Waals surface area (Å²) in [6, 6.07) is 10.9. The van der Waals surface area contributed by atoms with Gasteiger partial charge >= 0.3 is 0 Å². The van der Waals surface area contributed by atoms with Crippen molar-refractivity contribution >= 4 is 0 Å². The predicted octanol–water partition coefficient (Wildman–Crippen LogP) is 4.54. The van der Waals surface area contributed by atoms with Crippen molar-refractivity contribution in [3.63, 3.8) is 0 Å². The first kappa shape index (κ1) is 20.9. The number of hydrogen-bond donors (Lipinski definition) is 2. The van der Waals surface area contributed by atoms with E-state index in [1.165, 1.54) is 37.9 Å². The molecule has 0 spiro atoms. The molecule has 2 heterocycles. The maximum Gasteiger partial charge on any atom is 0.156 e. The average molecular weight is 382 g/mol. The van der Waals surface area contributed by atoms with Crippen LogP contribution < -0.4 is 4.90 Å². The summed E-state index contributed by atoms with van der Waals surface area (Å²) in [7, 11) is 0. The van der Waals surface area contributed by atoms with Crippen LogP contribution in [0.3, 0.4) is 0 Å². The molecule has 1 atom stereocenters. The van der Waals surface area contributed by atoms with Gasteiger partial charge in [-0.2, -0.15) is 0 Å². The third kappa shape index (κ3) is 4.41. The van der Waals surface area contributed by atoms with Gasteiger partial charge in [0.1, 0.15) is 11.4 Å². The number of quaternary nitrogens is 1. The van der Waals surface area contributed by atoms with Crippen molar-refractivity contribution < 1.29 is 10.0 Å². The molecule has 3 heteroatoms. The average Bonchev–Trinajstić information content (AvgIpc) is 2.63. The van der Waals surface area contributed by atoms with Crippen molar-refractivity contribution in [3.8, 4) is 5.75 Å². The molecule has 3 nitrogen and oxygen atoms in total. The van der Waals surface area contributed by atoms with E-state index in [9.17, 15) is 5.11 Å². The second-order valence-electron chi connectivity index (χ2n) is 10.4. The Morgan fingerprint density at radius 1 is 0.893 bits per heavy atom. The van der Waals surface area contributed by atoms with E-state index in [0.717, 1.165) is 16.8 Å². The van der Waals surface area contributed by atoms with Crippen LogP contribution >= 0.6 is 0 Å². The monoisotopic (exact) mass is 381 g/mol. The van der Waals surface area contributed by atoms with E-state index in [1.807, 2.05) is 12.3 Å². The van der Waals surface area contributed by atoms with E-state index >= 15 is 0 Å². The standard InChI is InChI=1S/C25H36N2O/c1-24(2,3)19-16-18(17-20(23(19)28)25(4,5)6)22(21-12-8-9-13-26-21)27-14-10-7-11-15-27/h8-9,12-13,16-17,22,28H,7,10-11,14-15H2,1-6H3/p+1/t22-/m0/s1. The summed E-state index contributed by atoms with van der Waals surface area (Å²) in [5, 5.41) is 11.1. The zero-order valence-electron chi connectivity index (χ0n) is 18.5. The van der Waals surface area contributed by atoms with Crippen LogP contribution in [0.2, 0.25) is 0 Å². The van der Waals surface area contributed by atoms with Crippen LogP contribution in [0.4, 0.5) is 0 Å². The van der Waals surface area contributed by atoms with Gasteiger partial charge < -0.3 is 10.0 Å². The number of piperidine rings is 1. The lowest BCUT2D eigenvalue weighted by molar-refractivity contribution is -0.930. The lowest BCUT2D eigenvalue weighted by atomic mass is 9.77. The van der Waals surface area contributed by atoms with Crippen LogP contribution in [0.1, 0.15) is 89.2 Å². The maximum atomic E-state index is 11.1. The minimum atomic E-state index is -0.119. The minimum Gasteiger partial charge on any atom is -0.507 e. The highest BCUT2D eigenvalue weighted by Crippen LogP contribution is 2.41. The van der Waals surface area contributed by atoms with Crippen molar-refractivity contribution in [1.82, 2.24) is 4.98 Å². The van der Waals surface area contributed by atoms with Gasteiger partial charge in [-0.3, -0.25) is 4.98 Å². The van der Waals surface area contributed by atoms with Gasteiger partial charge in [0.25, 0.3) is 0 Å². The highest BCUT2D eigenvalue weighted by atomic mass is 16.3. The van der Waals surface area contributed by atoms with Crippen LogP contribution in [0.5, 0.6) is 5.75 Å². The summed E-state index contributed by atoms with van der Waals surface area (Å²) in [5.41, 5.74) is 4.24. The molecule has 1 fully saturated rings. The molecular formula is C25H37N2O+. The topological polar surface area (TPSA) is 37.6 Å². The number of phenols is 1.